The number of halogens is 2. The van der Waals surface area contributed by atoms with Gasteiger partial charge in [-0.2, -0.15) is 0 Å². The van der Waals surface area contributed by atoms with E-state index in [-0.39, 0.29) is 22.2 Å². The van der Waals surface area contributed by atoms with Crippen LogP contribution in [0.4, 0.5) is 4.39 Å². The fourth-order valence-electron chi connectivity index (χ4n) is 3.28. The molecule has 0 aliphatic carbocycles. The highest BCUT2D eigenvalue weighted by molar-refractivity contribution is 7.99. The number of carbonyl (C=O) groups is 1. The molecule has 0 saturated carbocycles. The fourth-order valence-corrected chi connectivity index (χ4v) is 4.30. The van der Waals surface area contributed by atoms with Crippen LogP contribution in [0.2, 0.25) is 5.02 Å². The molecule has 1 heterocycles. The SMILES string of the molecule is COc1ccccc1CNC(=O)CSc1nc2ccccc2c(=O)n1-c1ccc(F)c(Cl)c1. The molecule has 0 bridgehead atoms. The van der Waals surface area contributed by atoms with Crippen molar-refractivity contribution in [3.05, 3.63) is 93.5 Å². The summed E-state index contributed by atoms with van der Waals surface area (Å²) >= 11 is 7.05. The highest BCUT2D eigenvalue weighted by Crippen LogP contribution is 2.24. The molecule has 0 fully saturated rings. The van der Waals surface area contributed by atoms with Crippen LogP contribution in [0.5, 0.6) is 5.75 Å². The Morgan fingerprint density at radius 2 is 1.91 bits per heavy atom. The van der Waals surface area contributed by atoms with Gasteiger partial charge in [-0.25, -0.2) is 9.37 Å². The molecule has 3 aromatic carbocycles. The van der Waals surface area contributed by atoms with Gasteiger partial charge in [0.15, 0.2) is 5.16 Å². The summed E-state index contributed by atoms with van der Waals surface area (Å²) in [4.78, 5) is 30.3. The molecule has 4 rings (SSSR count). The summed E-state index contributed by atoms with van der Waals surface area (Å²) < 4.78 is 20.3. The Bertz CT molecular complexity index is 1390. The molecule has 9 heteroatoms. The van der Waals surface area contributed by atoms with Crippen molar-refractivity contribution in [1.82, 2.24) is 14.9 Å². The Morgan fingerprint density at radius 1 is 1.15 bits per heavy atom. The minimum atomic E-state index is -0.591. The maximum atomic E-state index is 13.7. The Labute approximate surface area is 198 Å². The number of rotatable bonds is 7. The third-order valence-electron chi connectivity index (χ3n) is 4.91. The van der Waals surface area contributed by atoms with Crippen LogP contribution in [0.25, 0.3) is 16.6 Å². The van der Waals surface area contributed by atoms with E-state index in [0.717, 1.165) is 17.3 Å². The molecule has 168 valence electrons. The van der Waals surface area contributed by atoms with Crippen molar-refractivity contribution in [3.8, 4) is 11.4 Å². The molecule has 1 aromatic heterocycles. The van der Waals surface area contributed by atoms with Gasteiger partial charge in [0.2, 0.25) is 5.91 Å². The third kappa shape index (κ3) is 5.02. The first kappa shape index (κ1) is 22.8. The minimum absolute atomic E-state index is 0.0227. The number of nitrogens with one attached hydrogen (secondary N) is 1. The number of hydrogen-bond donors (Lipinski definition) is 1. The topological polar surface area (TPSA) is 73.2 Å². The number of benzene rings is 3. The Morgan fingerprint density at radius 3 is 2.70 bits per heavy atom. The van der Waals surface area contributed by atoms with Crippen molar-refractivity contribution >= 4 is 40.2 Å². The molecule has 0 aliphatic heterocycles. The summed E-state index contributed by atoms with van der Waals surface area (Å²) in [5, 5.41) is 3.44. The van der Waals surface area contributed by atoms with E-state index in [4.69, 9.17) is 16.3 Å². The van der Waals surface area contributed by atoms with Crippen molar-refractivity contribution in [2.75, 3.05) is 12.9 Å². The van der Waals surface area contributed by atoms with E-state index in [2.05, 4.69) is 10.3 Å². The summed E-state index contributed by atoms with van der Waals surface area (Å²) in [6, 6.07) is 18.3. The number of nitrogens with zero attached hydrogens (tertiary/aromatic N) is 2. The lowest BCUT2D eigenvalue weighted by Gasteiger charge is -2.14. The first-order chi connectivity index (χ1) is 16.0. The minimum Gasteiger partial charge on any atom is -0.496 e. The van der Waals surface area contributed by atoms with Gasteiger partial charge in [0, 0.05) is 12.1 Å². The summed E-state index contributed by atoms with van der Waals surface area (Å²) in [5.41, 5.74) is 1.38. The average Bonchev–Trinajstić information content (AvgIpc) is 2.83. The first-order valence-electron chi connectivity index (χ1n) is 9.96. The smallest absolute Gasteiger partial charge is 0.266 e. The lowest BCUT2D eigenvalue weighted by Crippen LogP contribution is -2.26. The number of methoxy groups -OCH3 is 1. The molecule has 4 aromatic rings. The Balaban J connectivity index is 1.60. The van der Waals surface area contributed by atoms with Crippen LogP contribution in [0, 0.1) is 5.82 Å². The van der Waals surface area contributed by atoms with Crippen LogP contribution in [0.1, 0.15) is 5.56 Å². The standard InChI is InChI=1S/C24H19ClFN3O3S/c1-32-21-9-5-2-6-15(21)13-27-22(30)14-33-24-28-20-8-4-3-7-17(20)23(31)29(24)16-10-11-19(26)18(25)12-16/h2-12H,13-14H2,1H3,(H,27,30). The molecule has 33 heavy (non-hydrogen) atoms. The molecule has 1 amide bonds. The maximum absolute atomic E-state index is 13.7. The van der Waals surface area contributed by atoms with Gasteiger partial charge in [0.1, 0.15) is 11.6 Å². The van der Waals surface area contributed by atoms with E-state index in [9.17, 15) is 14.0 Å². The van der Waals surface area contributed by atoms with Gasteiger partial charge in [-0.1, -0.05) is 53.7 Å². The molecular formula is C24H19ClFN3O3S. The predicted molar refractivity (Wildman–Crippen MR) is 128 cm³/mol. The van der Waals surface area contributed by atoms with Crippen LogP contribution < -0.4 is 15.6 Å². The molecular weight excluding hydrogens is 465 g/mol. The zero-order valence-corrected chi connectivity index (χ0v) is 19.1. The lowest BCUT2D eigenvalue weighted by molar-refractivity contribution is -0.118. The largest absolute Gasteiger partial charge is 0.496 e. The van der Waals surface area contributed by atoms with Crippen molar-refractivity contribution in [1.29, 1.82) is 0 Å². The molecule has 0 radical (unpaired) electrons. The summed E-state index contributed by atoms with van der Waals surface area (Å²) in [6.45, 7) is 0.301. The second kappa shape index (κ2) is 10.1. The van der Waals surface area contributed by atoms with Gasteiger partial charge in [-0.3, -0.25) is 14.2 Å². The van der Waals surface area contributed by atoms with E-state index in [1.165, 1.54) is 22.8 Å². The van der Waals surface area contributed by atoms with Gasteiger partial charge in [-0.15, -0.1) is 0 Å². The second-order valence-electron chi connectivity index (χ2n) is 7.03. The van der Waals surface area contributed by atoms with E-state index in [1.807, 2.05) is 24.3 Å². The Hall–Kier alpha value is -3.36. The molecule has 6 nitrogen and oxygen atoms in total. The average molecular weight is 484 g/mol. The monoisotopic (exact) mass is 483 g/mol. The van der Waals surface area contributed by atoms with E-state index in [0.29, 0.717) is 34.0 Å². The third-order valence-corrected chi connectivity index (χ3v) is 6.14. The first-order valence-corrected chi connectivity index (χ1v) is 11.3. The van der Waals surface area contributed by atoms with Crippen LogP contribution >= 0.6 is 23.4 Å². The lowest BCUT2D eigenvalue weighted by atomic mass is 10.2. The maximum Gasteiger partial charge on any atom is 0.266 e. The summed E-state index contributed by atoms with van der Waals surface area (Å²) in [5.74, 6) is -0.123. The molecule has 0 aliphatic rings. The van der Waals surface area contributed by atoms with Gasteiger partial charge >= 0.3 is 0 Å². The summed E-state index contributed by atoms with van der Waals surface area (Å²) in [6.07, 6.45) is 0. The molecule has 0 atom stereocenters. The van der Waals surface area contributed by atoms with E-state index < -0.39 is 5.82 Å². The highest BCUT2D eigenvalue weighted by atomic mass is 35.5. The van der Waals surface area contributed by atoms with E-state index in [1.54, 1.807) is 31.4 Å². The number of hydrogen-bond acceptors (Lipinski definition) is 5. The van der Waals surface area contributed by atoms with Crippen LogP contribution in [0.15, 0.2) is 76.7 Å². The van der Waals surface area contributed by atoms with Crippen LogP contribution in [-0.4, -0.2) is 28.3 Å². The van der Waals surface area contributed by atoms with Crippen molar-refractivity contribution in [3.63, 3.8) is 0 Å². The Kier molecular flexibility index (Phi) is 6.96. The van der Waals surface area contributed by atoms with Gasteiger partial charge in [-0.05, 0) is 36.4 Å². The predicted octanol–water partition coefficient (Wildman–Crippen LogP) is 4.60. The molecule has 1 N–H and O–H groups in total. The fraction of sp³-hybridized carbons (Fsp3) is 0.125. The molecule has 0 saturated heterocycles. The van der Waals surface area contributed by atoms with Gasteiger partial charge < -0.3 is 10.1 Å². The van der Waals surface area contributed by atoms with Crippen LogP contribution in [-0.2, 0) is 11.3 Å². The normalized spacial score (nSPS) is 10.9. The van der Waals surface area contributed by atoms with Crippen LogP contribution in [0.3, 0.4) is 0 Å². The highest BCUT2D eigenvalue weighted by Gasteiger charge is 2.16. The number of thioether (sulfide) groups is 1. The van der Waals surface area contributed by atoms with Crippen molar-refractivity contribution in [2.45, 2.75) is 11.7 Å². The number of ether oxygens (including phenoxy) is 1. The number of amides is 1. The number of fused-ring (bicyclic) bond motifs is 1. The van der Waals surface area contributed by atoms with E-state index >= 15 is 0 Å². The molecule has 0 spiro atoms. The quantitative estimate of drug-likeness (QED) is 0.307. The zero-order chi connectivity index (χ0) is 23.4. The van der Waals surface area contributed by atoms with Gasteiger partial charge in [0.05, 0.1) is 34.5 Å². The van der Waals surface area contributed by atoms with Crippen molar-refractivity contribution < 1.29 is 13.9 Å². The molecule has 0 unspecified atom stereocenters. The summed E-state index contributed by atoms with van der Waals surface area (Å²) in [7, 11) is 1.57. The second-order valence-corrected chi connectivity index (χ2v) is 8.38. The zero-order valence-electron chi connectivity index (χ0n) is 17.5. The van der Waals surface area contributed by atoms with Gasteiger partial charge in [0.25, 0.3) is 5.56 Å². The number of para-hydroxylation sites is 2. The number of aromatic nitrogens is 2. The number of carbonyl (C=O) groups excluding carboxylic acids is 1. The van der Waals surface area contributed by atoms with Crippen molar-refractivity contribution in [2.24, 2.45) is 0 Å².